The number of fused-ring (bicyclic) bond motifs is 1. The van der Waals surface area contributed by atoms with Crippen molar-refractivity contribution >= 4 is 15.7 Å². The van der Waals surface area contributed by atoms with E-state index in [0.29, 0.717) is 23.8 Å². The zero-order valence-electron chi connectivity index (χ0n) is 15.4. The number of sulfone groups is 1. The minimum Gasteiger partial charge on any atom is -0.332 e. The molecule has 2 atom stereocenters. The highest BCUT2D eigenvalue weighted by Gasteiger charge is 2.48. The average molecular weight is 402 g/mol. The lowest BCUT2D eigenvalue weighted by Gasteiger charge is -2.44. The zero-order valence-corrected chi connectivity index (χ0v) is 16.2. The van der Waals surface area contributed by atoms with Crippen LogP contribution in [0.25, 0.3) is 5.82 Å². The lowest BCUT2D eigenvalue weighted by Crippen LogP contribution is -2.60. The van der Waals surface area contributed by atoms with E-state index in [9.17, 15) is 13.2 Å². The minimum atomic E-state index is -3.13. The number of amides is 1. The highest BCUT2D eigenvalue weighted by atomic mass is 32.2. The highest BCUT2D eigenvalue weighted by Crippen LogP contribution is 2.34. The predicted molar refractivity (Wildman–Crippen MR) is 101 cm³/mol. The topological polar surface area (TPSA) is 101 Å². The monoisotopic (exact) mass is 402 g/mol. The van der Waals surface area contributed by atoms with Crippen LogP contribution < -0.4 is 0 Å². The van der Waals surface area contributed by atoms with Gasteiger partial charge >= 0.3 is 0 Å². The van der Waals surface area contributed by atoms with E-state index in [2.05, 4.69) is 20.1 Å². The Balaban J connectivity index is 1.37. The van der Waals surface area contributed by atoms with Crippen LogP contribution in [0.3, 0.4) is 0 Å². The summed E-state index contributed by atoms with van der Waals surface area (Å²) in [5, 5.41) is 7.50. The number of hydrogen-bond acceptors (Lipinski definition) is 7. The smallest absolute Gasteiger partial charge is 0.255 e. The highest BCUT2D eigenvalue weighted by molar-refractivity contribution is 7.91. The third kappa shape index (κ3) is 3.30. The van der Waals surface area contributed by atoms with Gasteiger partial charge in [-0.1, -0.05) is 0 Å². The molecule has 10 heteroatoms. The van der Waals surface area contributed by atoms with Gasteiger partial charge in [-0.25, -0.2) is 13.4 Å². The number of piperazine rings is 1. The number of carbonyl (C=O) groups is 1. The summed E-state index contributed by atoms with van der Waals surface area (Å²) in [7, 11) is -3.13. The standard InChI is InChI=1S/C18H22N6O3S/c25-18(14-3-4-17(19-7-14)23-11-20-21-12-23)24-6-5-22(8-13-1-2-13)15-9-28(26,27)10-16(15)24/h3-4,7,11-13,15-16H,1-2,5-6,8-10H2/t15-,16+/m1/s1. The Morgan fingerprint density at radius 3 is 2.50 bits per heavy atom. The van der Waals surface area contributed by atoms with Gasteiger partial charge in [0.25, 0.3) is 5.91 Å². The zero-order chi connectivity index (χ0) is 19.3. The van der Waals surface area contributed by atoms with Crippen molar-refractivity contribution in [2.75, 3.05) is 31.1 Å². The normalized spacial score (nSPS) is 26.9. The van der Waals surface area contributed by atoms with Gasteiger partial charge in [-0.15, -0.1) is 10.2 Å². The first-order valence-electron chi connectivity index (χ1n) is 9.57. The van der Waals surface area contributed by atoms with Crippen LogP contribution in [0.2, 0.25) is 0 Å². The number of nitrogens with zero attached hydrogens (tertiary/aromatic N) is 6. The number of aromatic nitrogens is 4. The summed E-state index contributed by atoms with van der Waals surface area (Å²) in [6.07, 6.45) is 7.07. The third-order valence-corrected chi connectivity index (χ3v) is 7.62. The predicted octanol–water partition coefficient (Wildman–Crippen LogP) is -0.00430. The number of pyridine rings is 1. The molecule has 0 aromatic carbocycles. The van der Waals surface area contributed by atoms with Crippen molar-refractivity contribution in [3.63, 3.8) is 0 Å². The summed E-state index contributed by atoms with van der Waals surface area (Å²) in [4.78, 5) is 21.5. The molecule has 28 heavy (non-hydrogen) atoms. The van der Waals surface area contributed by atoms with E-state index in [1.165, 1.54) is 31.7 Å². The first-order chi connectivity index (χ1) is 13.5. The molecule has 2 aliphatic heterocycles. The van der Waals surface area contributed by atoms with Crippen molar-refractivity contribution in [2.45, 2.75) is 24.9 Å². The maximum absolute atomic E-state index is 13.1. The van der Waals surface area contributed by atoms with E-state index in [4.69, 9.17) is 0 Å². The molecule has 3 aliphatic rings. The second kappa shape index (κ2) is 6.63. The van der Waals surface area contributed by atoms with Crippen molar-refractivity contribution in [3.05, 3.63) is 36.5 Å². The molecule has 0 bridgehead atoms. The summed E-state index contributed by atoms with van der Waals surface area (Å²) in [6.45, 7) is 2.23. The van der Waals surface area contributed by atoms with E-state index < -0.39 is 9.84 Å². The maximum Gasteiger partial charge on any atom is 0.255 e. The molecule has 0 radical (unpaired) electrons. The van der Waals surface area contributed by atoms with Gasteiger partial charge in [-0.05, 0) is 30.9 Å². The fourth-order valence-electron chi connectivity index (χ4n) is 4.29. The maximum atomic E-state index is 13.1. The van der Waals surface area contributed by atoms with Gasteiger partial charge in [-0.2, -0.15) is 0 Å². The van der Waals surface area contributed by atoms with Crippen LogP contribution in [0, 0.1) is 5.92 Å². The molecule has 1 aliphatic carbocycles. The molecule has 0 spiro atoms. The molecular formula is C18H22N6O3S. The van der Waals surface area contributed by atoms with Gasteiger partial charge in [0.2, 0.25) is 0 Å². The molecular weight excluding hydrogens is 380 g/mol. The molecule has 148 valence electrons. The Bertz CT molecular complexity index is 971. The molecule has 2 aromatic rings. The fraction of sp³-hybridized carbons (Fsp3) is 0.556. The van der Waals surface area contributed by atoms with Crippen molar-refractivity contribution < 1.29 is 13.2 Å². The van der Waals surface area contributed by atoms with Crippen molar-refractivity contribution in [3.8, 4) is 5.82 Å². The van der Waals surface area contributed by atoms with Crippen molar-refractivity contribution in [1.29, 1.82) is 0 Å². The third-order valence-electron chi connectivity index (χ3n) is 5.92. The first kappa shape index (κ1) is 17.7. The number of carbonyl (C=O) groups excluding carboxylic acids is 1. The summed E-state index contributed by atoms with van der Waals surface area (Å²) in [5.41, 5.74) is 0.468. The van der Waals surface area contributed by atoms with E-state index >= 15 is 0 Å². The van der Waals surface area contributed by atoms with Gasteiger partial charge < -0.3 is 4.90 Å². The Kier molecular flexibility index (Phi) is 4.20. The molecule has 9 nitrogen and oxygen atoms in total. The molecule has 1 saturated carbocycles. The minimum absolute atomic E-state index is 0.0524. The van der Waals surface area contributed by atoms with E-state index in [1.807, 2.05) is 0 Å². The van der Waals surface area contributed by atoms with E-state index in [-0.39, 0.29) is 29.5 Å². The van der Waals surface area contributed by atoms with Crippen LogP contribution in [0.4, 0.5) is 0 Å². The summed E-state index contributed by atoms with van der Waals surface area (Å²) < 4.78 is 26.3. The molecule has 3 fully saturated rings. The van der Waals surface area contributed by atoms with Gasteiger partial charge in [-0.3, -0.25) is 14.3 Å². The van der Waals surface area contributed by atoms with Gasteiger partial charge in [0.15, 0.2) is 9.84 Å². The lowest BCUT2D eigenvalue weighted by atomic mass is 10.0. The van der Waals surface area contributed by atoms with Crippen LogP contribution in [0.1, 0.15) is 23.2 Å². The molecule has 2 saturated heterocycles. The Morgan fingerprint density at radius 2 is 1.82 bits per heavy atom. The van der Waals surface area contributed by atoms with E-state index in [1.54, 1.807) is 21.6 Å². The van der Waals surface area contributed by atoms with Crippen molar-refractivity contribution in [1.82, 2.24) is 29.5 Å². The molecule has 5 rings (SSSR count). The fourth-order valence-corrected chi connectivity index (χ4v) is 6.30. The largest absolute Gasteiger partial charge is 0.332 e. The average Bonchev–Trinajstić information content (AvgIpc) is 3.20. The molecule has 0 unspecified atom stereocenters. The number of hydrogen-bond donors (Lipinski definition) is 0. The Morgan fingerprint density at radius 1 is 1.07 bits per heavy atom. The van der Waals surface area contributed by atoms with Crippen LogP contribution in [0.5, 0.6) is 0 Å². The molecule has 0 N–H and O–H groups in total. The lowest BCUT2D eigenvalue weighted by molar-refractivity contribution is 0.0318. The first-order valence-corrected chi connectivity index (χ1v) is 11.4. The van der Waals surface area contributed by atoms with Crippen LogP contribution in [0.15, 0.2) is 31.0 Å². The number of rotatable bonds is 4. The van der Waals surface area contributed by atoms with Gasteiger partial charge in [0.1, 0.15) is 18.5 Å². The van der Waals surface area contributed by atoms with Crippen LogP contribution >= 0.6 is 0 Å². The summed E-state index contributed by atoms with van der Waals surface area (Å²) >= 11 is 0. The SMILES string of the molecule is O=C(c1ccc(-n2cnnc2)nc1)N1CCN(CC2CC2)[C@@H]2CS(=O)(=O)C[C@@H]21. The van der Waals surface area contributed by atoms with Gasteiger partial charge in [0, 0.05) is 31.9 Å². The quantitative estimate of drug-likeness (QED) is 0.709. The van der Waals surface area contributed by atoms with Gasteiger partial charge in [0.05, 0.1) is 23.1 Å². The second-order valence-corrected chi connectivity index (χ2v) is 10.1. The van der Waals surface area contributed by atoms with E-state index in [0.717, 1.165) is 13.1 Å². The van der Waals surface area contributed by atoms with Crippen LogP contribution in [-0.2, 0) is 9.84 Å². The molecule has 2 aromatic heterocycles. The second-order valence-electron chi connectivity index (χ2n) is 7.92. The Hall–Kier alpha value is -2.33. The summed E-state index contributed by atoms with van der Waals surface area (Å²) in [5.74, 6) is 1.37. The van der Waals surface area contributed by atoms with Crippen LogP contribution in [-0.4, -0.2) is 87.1 Å². The molecule has 1 amide bonds. The summed E-state index contributed by atoms with van der Waals surface area (Å²) in [6, 6.07) is 3.10. The van der Waals surface area contributed by atoms with Crippen molar-refractivity contribution in [2.24, 2.45) is 5.92 Å². The molecule has 4 heterocycles. The Labute approximate surface area is 163 Å².